The van der Waals surface area contributed by atoms with Crippen LogP contribution in [0.25, 0.3) is 22.4 Å². The molecule has 164 valence electrons. The van der Waals surface area contributed by atoms with Crippen molar-refractivity contribution in [2.45, 2.75) is 0 Å². The molecule has 4 aromatic rings. The summed E-state index contributed by atoms with van der Waals surface area (Å²) in [5, 5.41) is 10.5. The van der Waals surface area contributed by atoms with Gasteiger partial charge in [-0.3, -0.25) is 5.10 Å². The van der Waals surface area contributed by atoms with E-state index in [4.69, 9.17) is 21.1 Å². The molecule has 2 aromatic heterocycles. The lowest BCUT2D eigenvalue weighted by atomic mass is 10.2. The predicted octanol–water partition coefficient (Wildman–Crippen LogP) is 4.40. The lowest BCUT2D eigenvalue weighted by Gasteiger charge is -2.30. The number of fused-ring (bicyclic) bond motifs is 1. The third-order valence-corrected chi connectivity index (χ3v) is 5.60. The molecular weight excluding hydrogens is 435 g/mol. The first kappa shape index (κ1) is 20.5. The molecule has 10 heteroatoms. The Morgan fingerprint density at radius 2 is 2.03 bits per heavy atom. The fraction of sp³-hybridized carbons (Fsp3) is 0.227. The van der Waals surface area contributed by atoms with Crippen LogP contribution in [0.1, 0.15) is 0 Å². The van der Waals surface area contributed by atoms with Gasteiger partial charge in [0.25, 0.3) is 0 Å². The van der Waals surface area contributed by atoms with Crippen molar-refractivity contribution in [2.24, 2.45) is 0 Å². The van der Waals surface area contributed by atoms with E-state index < -0.39 is 5.82 Å². The van der Waals surface area contributed by atoms with Gasteiger partial charge in [0.1, 0.15) is 22.6 Å². The van der Waals surface area contributed by atoms with Crippen LogP contribution < -0.4 is 15.0 Å². The molecule has 0 unspecified atom stereocenters. The number of anilines is 3. The summed E-state index contributed by atoms with van der Waals surface area (Å²) >= 11 is 6.24. The van der Waals surface area contributed by atoms with E-state index in [2.05, 4.69) is 30.4 Å². The first-order valence-corrected chi connectivity index (χ1v) is 10.4. The number of morpholine rings is 1. The SMILES string of the molecule is COc1cc(Nc2nc(-c3c(F)cccc3Cl)nc3cn[nH]c23)ccc1N1CCOCC1. The Kier molecular flexibility index (Phi) is 5.50. The lowest BCUT2D eigenvalue weighted by Crippen LogP contribution is -2.36. The number of ether oxygens (including phenoxy) is 2. The van der Waals surface area contributed by atoms with Crippen molar-refractivity contribution >= 4 is 39.8 Å². The number of H-pyrrole nitrogens is 1. The maximum atomic E-state index is 14.5. The van der Waals surface area contributed by atoms with Crippen molar-refractivity contribution in [1.82, 2.24) is 20.2 Å². The molecule has 0 radical (unpaired) electrons. The topological polar surface area (TPSA) is 88.2 Å². The van der Waals surface area contributed by atoms with Gasteiger partial charge in [-0.25, -0.2) is 14.4 Å². The number of aromatic amines is 1. The van der Waals surface area contributed by atoms with Crippen LogP contribution in [-0.2, 0) is 4.74 Å². The van der Waals surface area contributed by atoms with Crippen molar-refractivity contribution in [3.63, 3.8) is 0 Å². The molecule has 1 aliphatic rings. The van der Waals surface area contributed by atoms with Gasteiger partial charge < -0.3 is 19.7 Å². The molecule has 1 saturated heterocycles. The van der Waals surface area contributed by atoms with Gasteiger partial charge in [-0.15, -0.1) is 0 Å². The first-order valence-electron chi connectivity index (χ1n) is 10.1. The maximum Gasteiger partial charge on any atom is 0.166 e. The second kappa shape index (κ2) is 8.60. The zero-order valence-corrected chi connectivity index (χ0v) is 18.0. The van der Waals surface area contributed by atoms with Crippen molar-refractivity contribution < 1.29 is 13.9 Å². The summed E-state index contributed by atoms with van der Waals surface area (Å²) in [5.41, 5.74) is 3.01. The van der Waals surface area contributed by atoms with Crippen LogP contribution in [0, 0.1) is 5.82 Å². The van der Waals surface area contributed by atoms with Gasteiger partial charge in [0.2, 0.25) is 0 Å². The average molecular weight is 455 g/mol. The molecule has 0 aliphatic carbocycles. The molecule has 3 heterocycles. The Morgan fingerprint density at radius 1 is 1.19 bits per heavy atom. The van der Waals surface area contributed by atoms with Crippen LogP contribution in [0.4, 0.5) is 21.6 Å². The van der Waals surface area contributed by atoms with Gasteiger partial charge in [0.05, 0.1) is 42.8 Å². The molecule has 8 nitrogen and oxygen atoms in total. The summed E-state index contributed by atoms with van der Waals surface area (Å²) < 4.78 is 25.6. The van der Waals surface area contributed by atoms with Crippen LogP contribution in [-0.4, -0.2) is 53.6 Å². The van der Waals surface area contributed by atoms with Gasteiger partial charge >= 0.3 is 0 Å². The normalized spacial score (nSPS) is 14.0. The summed E-state index contributed by atoms with van der Waals surface area (Å²) in [6, 6.07) is 10.3. The van der Waals surface area contributed by atoms with Crippen LogP contribution in [0.2, 0.25) is 5.02 Å². The Morgan fingerprint density at radius 3 is 2.81 bits per heavy atom. The summed E-state index contributed by atoms with van der Waals surface area (Å²) in [6.07, 6.45) is 1.56. The summed E-state index contributed by atoms with van der Waals surface area (Å²) in [5.74, 6) is 0.844. The number of methoxy groups -OCH3 is 1. The average Bonchev–Trinajstić information content (AvgIpc) is 3.29. The van der Waals surface area contributed by atoms with E-state index >= 15 is 0 Å². The number of nitrogens with one attached hydrogen (secondary N) is 2. The van der Waals surface area contributed by atoms with Crippen molar-refractivity contribution in [1.29, 1.82) is 0 Å². The van der Waals surface area contributed by atoms with Crippen molar-refractivity contribution in [2.75, 3.05) is 43.6 Å². The van der Waals surface area contributed by atoms with E-state index in [-0.39, 0.29) is 16.4 Å². The van der Waals surface area contributed by atoms with E-state index in [9.17, 15) is 4.39 Å². The Hall–Kier alpha value is -3.43. The summed E-state index contributed by atoms with van der Waals surface area (Å²) in [4.78, 5) is 11.2. The quantitative estimate of drug-likeness (QED) is 0.462. The minimum absolute atomic E-state index is 0.139. The third-order valence-electron chi connectivity index (χ3n) is 5.28. The van der Waals surface area contributed by atoms with Gasteiger partial charge in [-0.05, 0) is 24.3 Å². The number of hydrogen-bond acceptors (Lipinski definition) is 7. The predicted molar refractivity (Wildman–Crippen MR) is 121 cm³/mol. The second-order valence-electron chi connectivity index (χ2n) is 7.23. The molecule has 0 atom stereocenters. The molecule has 5 rings (SSSR count). The summed E-state index contributed by atoms with van der Waals surface area (Å²) in [6.45, 7) is 2.97. The first-order chi connectivity index (χ1) is 15.6. The number of nitrogens with zero attached hydrogens (tertiary/aromatic N) is 4. The number of benzene rings is 2. The molecular formula is C22H20ClFN6O2. The van der Waals surface area contributed by atoms with Crippen molar-refractivity contribution in [3.8, 4) is 17.1 Å². The Labute approximate surface area is 188 Å². The van der Waals surface area contributed by atoms with Gasteiger partial charge in [-0.1, -0.05) is 17.7 Å². The Bertz CT molecular complexity index is 1250. The molecule has 32 heavy (non-hydrogen) atoms. The van der Waals surface area contributed by atoms with Crippen molar-refractivity contribution in [3.05, 3.63) is 53.4 Å². The number of hydrogen-bond donors (Lipinski definition) is 2. The minimum atomic E-state index is -0.497. The number of halogens is 2. The molecule has 1 fully saturated rings. The highest BCUT2D eigenvalue weighted by molar-refractivity contribution is 6.33. The maximum absolute atomic E-state index is 14.5. The monoisotopic (exact) mass is 454 g/mol. The zero-order chi connectivity index (χ0) is 22.1. The highest BCUT2D eigenvalue weighted by atomic mass is 35.5. The molecule has 2 N–H and O–H groups in total. The molecule has 0 spiro atoms. The Balaban J connectivity index is 1.53. The molecule has 0 amide bonds. The largest absolute Gasteiger partial charge is 0.495 e. The van der Waals surface area contributed by atoms with Crippen LogP contribution >= 0.6 is 11.6 Å². The van der Waals surface area contributed by atoms with Crippen LogP contribution in [0.5, 0.6) is 5.75 Å². The lowest BCUT2D eigenvalue weighted by molar-refractivity contribution is 0.122. The number of aromatic nitrogens is 4. The van der Waals surface area contributed by atoms with Crippen LogP contribution in [0.15, 0.2) is 42.6 Å². The van der Waals surface area contributed by atoms with E-state index in [1.54, 1.807) is 25.4 Å². The van der Waals surface area contributed by atoms with Gasteiger partial charge in [-0.2, -0.15) is 5.10 Å². The fourth-order valence-electron chi connectivity index (χ4n) is 3.71. The standard InChI is InChI=1S/C22H20ClFN6O2/c1-31-18-11-13(5-6-17(18)30-7-9-32-10-8-30)26-22-20-16(12-25-29-20)27-21(28-22)19-14(23)3-2-4-15(19)24/h2-6,11-12H,7-10H2,1H3,(H,25,29)(H,26,27,28). The van der Waals surface area contributed by atoms with Gasteiger partial charge in [0, 0.05) is 24.8 Å². The van der Waals surface area contributed by atoms with E-state index in [0.717, 1.165) is 30.2 Å². The molecule has 2 aromatic carbocycles. The highest BCUT2D eigenvalue weighted by Crippen LogP contribution is 2.35. The van der Waals surface area contributed by atoms with Crippen LogP contribution in [0.3, 0.4) is 0 Å². The highest BCUT2D eigenvalue weighted by Gasteiger charge is 2.19. The number of rotatable bonds is 5. The van der Waals surface area contributed by atoms with E-state index in [1.165, 1.54) is 6.07 Å². The molecule has 0 bridgehead atoms. The second-order valence-corrected chi connectivity index (χ2v) is 7.64. The summed E-state index contributed by atoms with van der Waals surface area (Å²) in [7, 11) is 1.64. The van der Waals surface area contributed by atoms with E-state index in [1.807, 2.05) is 18.2 Å². The molecule has 0 saturated carbocycles. The minimum Gasteiger partial charge on any atom is -0.495 e. The smallest absolute Gasteiger partial charge is 0.166 e. The third kappa shape index (κ3) is 3.80. The molecule has 1 aliphatic heterocycles. The van der Waals surface area contributed by atoms with E-state index in [0.29, 0.717) is 30.1 Å². The van der Waals surface area contributed by atoms with Gasteiger partial charge in [0.15, 0.2) is 11.6 Å². The zero-order valence-electron chi connectivity index (χ0n) is 17.2. The fourth-order valence-corrected chi connectivity index (χ4v) is 3.96.